The summed E-state index contributed by atoms with van der Waals surface area (Å²) in [5.41, 5.74) is 0.0748. The van der Waals surface area contributed by atoms with Gasteiger partial charge in [0.1, 0.15) is 0 Å². The van der Waals surface area contributed by atoms with E-state index in [1.807, 2.05) is 6.92 Å². The molecule has 5 nitrogen and oxygen atoms in total. The molecule has 0 aromatic heterocycles. The van der Waals surface area contributed by atoms with Gasteiger partial charge in [0.2, 0.25) is 5.91 Å². The molecule has 2 aliphatic heterocycles. The minimum Gasteiger partial charge on any atom is -0.381 e. The molecule has 110 valence electrons. The topological polar surface area (TPSA) is 50.8 Å². The van der Waals surface area contributed by atoms with Crippen molar-refractivity contribution in [3.63, 3.8) is 0 Å². The van der Waals surface area contributed by atoms with E-state index in [2.05, 4.69) is 10.2 Å². The van der Waals surface area contributed by atoms with Crippen molar-refractivity contribution >= 4 is 5.91 Å². The summed E-state index contributed by atoms with van der Waals surface area (Å²) in [6, 6.07) is 0. The second-order valence-electron chi connectivity index (χ2n) is 5.46. The maximum absolute atomic E-state index is 11.7. The number of carbonyl (C=O) groups is 1. The normalized spacial score (nSPS) is 24.1. The first-order valence-corrected chi connectivity index (χ1v) is 7.44. The van der Waals surface area contributed by atoms with E-state index in [1.54, 1.807) is 0 Å². The van der Waals surface area contributed by atoms with Crippen LogP contribution in [0.15, 0.2) is 0 Å². The number of rotatable bonds is 5. The Labute approximate surface area is 115 Å². The molecule has 2 saturated heterocycles. The highest BCUT2D eigenvalue weighted by atomic mass is 16.5. The molecule has 1 amide bonds. The number of amides is 1. The van der Waals surface area contributed by atoms with Crippen LogP contribution in [0.5, 0.6) is 0 Å². The number of ether oxygens (including phenoxy) is 2. The van der Waals surface area contributed by atoms with Gasteiger partial charge in [-0.2, -0.15) is 0 Å². The Morgan fingerprint density at radius 1 is 1.16 bits per heavy atom. The molecule has 0 radical (unpaired) electrons. The molecule has 0 aromatic carbocycles. The fourth-order valence-electron chi connectivity index (χ4n) is 2.97. The zero-order chi connectivity index (χ0) is 13.6. The summed E-state index contributed by atoms with van der Waals surface area (Å²) in [7, 11) is 0. The van der Waals surface area contributed by atoms with Crippen LogP contribution in [0.4, 0.5) is 0 Å². The van der Waals surface area contributed by atoms with E-state index in [0.29, 0.717) is 6.42 Å². The fraction of sp³-hybridized carbons (Fsp3) is 0.929. The van der Waals surface area contributed by atoms with Crippen LogP contribution in [0.2, 0.25) is 0 Å². The zero-order valence-electron chi connectivity index (χ0n) is 12.0. The van der Waals surface area contributed by atoms with Crippen LogP contribution in [0.3, 0.4) is 0 Å². The summed E-state index contributed by atoms with van der Waals surface area (Å²) >= 11 is 0. The number of nitrogens with one attached hydrogen (secondary N) is 1. The van der Waals surface area contributed by atoms with E-state index in [4.69, 9.17) is 9.47 Å². The van der Waals surface area contributed by atoms with Gasteiger partial charge in [-0.05, 0) is 19.3 Å². The lowest BCUT2D eigenvalue weighted by atomic mass is 9.87. The average Bonchev–Trinajstić information content (AvgIpc) is 2.47. The van der Waals surface area contributed by atoms with Crippen LogP contribution in [-0.4, -0.2) is 62.4 Å². The molecule has 2 aliphatic rings. The first kappa shape index (κ1) is 14.8. The molecule has 1 N–H and O–H groups in total. The molecule has 0 aromatic rings. The minimum atomic E-state index is 0.0748. The molecule has 0 unspecified atom stereocenters. The van der Waals surface area contributed by atoms with Crippen molar-refractivity contribution in [3.8, 4) is 0 Å². The molecular formula is C14H26N2O3. The molecule has 0 aliphatic carbocycles. The van der Waals surface area contributed by atoms with E-state index in [1.165, 1.54) is 0 Å². The third-order valence-electron chi connectivity index (χ3n) is 4.20. The smallest absolute Gasteiger partial charge is 0.220 e. The van der Waals surface area contributed by atoms with Crippen LogP contribution < -0.4 is 5.32 Å². The first-order valence-electron chi connectivity index (χ1n) is 7.44. The van der Waals surface area contributed by atoms with Crippen molar-refractivity contribution in [3.05, 3.63) is 0 Å². The Morgan fingerprint density at radius 3 is 2.42 bits per heavy atom. The quantitative estimate of drug-likeness (QED) is 0.802. The van der Waals surface area contributed by atoms with E-state index in [-0.39, 0.29) is 11.4 Å². The molecular weight excluding hydrogens is 244 g/mol. The van der Waals surface area contributed by atoms with Crippen LogP contribution in [0, 0.1) is 0 Å². The highest BCUT2D eigenvalue weighted by Gasteiger charge is 2.39. The van der Waals surface area contributed by atoms with Gasteiger partial charge in [-0.25, -0.2) is 0 Å². The number of hydrogen-bond donors (Lipinski definition) is 1. The summed E-state index contributed by atoms with van der Waals surface area (Å²) in [5.74, 6) is 0.168. The number of nitrogens with zero attached hydrogens (tertiary/aromatic N) is 1. The molecule has 0 atom stereocenters. The number of carbonyl (C=O) groups excluding carboxylic acids is 1. The van der Waals surface area contributed by atoms with E-state index < -0.39 is 0 Å². The zero-order valence-corrected chi connectivity index (χ0v) is 12.0. The lowest BCUT2D eigenvalue weighted by molar-refractivity contribution is -0.123. The Hall–Kier alpha value is -0.650. The monoisotopic (exact) mass is 270 g/mol. The summed E-state index contributed by atoms with van der Waals surface area (Å²) in [5, 5.41) is 3.11. The van der Waals surface area contributed by atoms with Crippen molar-refractivity contribution in [2.75, 3.05) is 46.1 Å². The maximum atomic E-state index is 11.7. The third kappa shape index (κ3) is 3.91. The second-order valence-corrected chi connectivity index (χ2v) is 5.46. The maximum Gasteiger partial charge on any atom is 0.220 e. The van der Waals surface area contributed by atoms with Gasteiger partial charge in [-0.15, -0.1) is 0 Å². The molecule has 2 fully saturated rings. The van der Waals surface area contributed by atoms with E-state index in [9.17, 15) is 4.79 Å². The SMILES string of the molecule is CCCC(=O)NCC1(N2CCOCC2)CCOCC1. The Kier molecular flexibility index (Phi) is 5.60. The van der Waals surface area contributed by atoms with Crippen molar-refractivity contribution in [1.82, 2.24) is 10.2 Å². The Balaban J connectivity index is 1.95. The Bertz CT molecular complexity index is 284. The van der Waals surface area contributed by atoms with Crippen molar-refractivity contribution in [2.24, 2.45) is 0 Å². The highest BCUT2D eigenvalue weighted by Crippen LogP contribution is 2.28. The van der Waals surface area contributed by atoms with Crippen molar-refractivity contribution < 1.29 is 14.3 Å². The van der Waals surface area contributed by atoms with Crippen molar-refractivity contribution in [2.45, 2.75) is 38.1 Å². The summed E-state index contributed by atoms with van der Waals surface area (Å²) in [6.07, 6.45) is 3.52. The van der Waals surface area contributed by atoms with Crippen LogP contribution >= 0.6 is 0 Å². The first-order chi connectivity index (χ1) is 9.27. The predicted octanol–water partition coefficient (Wildman–Crippen LogP) is 0.784. The molecule has 19 heavy (non-hydrogen) atoms. The average molecular weight is 270 g/mol. The molecule has 0 spiro atoms. The molecule has 2 heterocycles. The second kappa shape index (κ2) is 7.22. The van der Waals surface area contributed by atoms with Gasteiger partial charge in [-0.1, -0.05) is 6.92 Å². The summed E-state index contributed by atoms with van der Waals surface area (Å²) in [6.45, 7) is 7.88. The number of morpholine rings is 1. The third-order valence-corrected chi connectivity index (χ3v) is 4.20. The van der Waals surface area contributed by atoms with E-state index in [0.717, 1.165) is 65.3 Å². The van der Waals surface area contributed by atoms with Crippen molar-refractivity contribution in [1.29, 1.82) is 0 Å². The minimum absolute atomic E-state index is 0.0748. The fourth-order valence-corrected chi connectivity index (χ4v) is 2.97. The lowest BCUT2D eigenvalue weighted by Crippen LogP contribution is -2.61. The highest BCUT2D eigenvalue weighted by molar-refractivity contribution is 5.75. The van der Waals surface area contributed by atoms with Crippen LogP contribution in [0.1, 0.15) is 32.6 Å². The van der Waals surface area contributed by atoms with Gasteiger partial charge in [0, 0.05) is 44.8 Å². The van der Waals surface area contributed by atoms with Gasteiger partial charge in [0.25, 0.3) is 0 Å². The number of hydrogen-bond acceptors (Lipinski definition) is 4. The van der Waals surface area contributed by atoms with Gasteiger partial charge < -0.3 is 14.8 Å². The van der Waals surface area contributed by atoms with Gasteiger partial charge in [0.05, 0.1) is 13.2 Å². The predicted molar refractivity (Wildman–Crippen MR) is 73.1 cm³/mol. The largest absolute Gasteiger partial charge is 0.381 e. The standard InChI is InChI=1S/C14H26N2O3/c1-2-3-13(17)15-12-14(4-8-18-9-5-14)16-6-10-19-11-7-16/h2-12H2,1H3,(H,15,17). The van der Waals surface area contributed by atoms with E-state index >= 15 is 0 Å². The summed E-state index contributed by atoms with van der Waals surface area (Å²) < 4.78 is 10.9. The van der Waals surface area contributed by atoms with Gasteiger partial charge in [-0.3, -0.25) is 9.69 Å². The lowest BCUT2D eigenvalue weighted by Gasteiger charge is -2.47. The molecule has 5 heteroatoms. The molecule has 0 bridgehead atoms. The summed E-state index contributed by atoms with van der Waals surface area (Å²) in [4.78, 5) is 14.2. The molecule has 2 rings (SSSR count). The molecule has 0 saturated carbocycles. The Morgan fingerprint density at radius 2 is 1.79 bits per heavy atom. The van der Waals surface area contributed by atoms with Gasteiger partial charge >= 0.3 is 0 Å². The van der Waals surface area contributed by atoms with Crippen LogP contribution in [0.25, 0.3) is 0 Å². The van der Waals surface area contributed by atoms with Crippen LogP contribution in [-0.2, 0) is 14.3 Å². The van der Waals surface area contributed by atoms with Gasteiger partial charge in [0.15, 0.2) is 0 Å².